The molecule has 0 bridgehead atoms. The SMILES string of the molecule is COc1ccc2c(C=NNC(=O)c3ccc([N+](=O)[O-])cc3)c[nH]c2c1. The number of ether oxygens (including phenoxy) is 1. The van der Waals surface area contributed by atoms with Crippen LogP contribution in [0.5, 0.6) is 5.75 Å². The van der Waals surface area contributed by atoms with Gasteiger partial charge in [0.15, 0.2) is 0 Å². The van der Waals surface area contributed by atoms with E-state index in [1.807, 2.05) is 18.2 Å². The maximum atomic E-state index is 12.0. The predicted octanol–water partition coefficient (Wildman–Crippen LogP) is 2.85. The highest BCUT2D eigenvalue weighted by atomic mass is 16.6. The number of nitro benzene ring substituents is 1. The second-order valence-corrected chi connectivity index (χ2v) is 5.16. The lowest BCUT2D eigenvalue weighted by Gasteiger charge is -2.00. The molecule has 3 aromatic rings. The molecule has 0 unspecified atom stereocenters. The molecular weight excluding hydrogens is 324 g/mol. The zero-order valence-electron chi connectivity index (χ0n) is 13.2. The van der Waals surface area contributed by atoms with Gasteiger partial charge in [-0.3, -0.25) is 14.9 Å². The van der Waals surface area contributed by atoms with Crippen molar-refractivity contribution in [2.75, 3.05) is 7.11 Å². The summed E-state index contributed by atoms with van der Waals surface area (Å²) in [6.45, 7) is 0. The fraction of sp³-hybridized carbons (Fsp3) is 0.0588. The molecule has 2 N–H and O–H groups in total. The summed E-state index contributed by atoms with van der Waals surface area (Å²) in [5.74, 6) is 0.289. The van der Waals surface area contributed by atoms with Crippen LogP contribution in [0.1, 0.15) is 15.9 Å². The lowest BCUT2D eigenvalue weighted by atomic mass is 10.2. The van der Waals surface area contributed by atoms with Gasteiger partial charge in [0, 0.05) is 46.4 Å². The van der Waals surface area contributed by atoms with E-state index in [2.05, 4.69) is 15.5 Å². The number of carbonyl (C=O) groups excluding carboxylic acids is 1. The number of benzene rings is 2. The van der Waals surface area contributed by atoms with Crippen molar-refractivity contribution in [3.8, 4) is 5.75 Å². The minimum atomic E-state index is -0.522. The van der Waals surface area contributed by atoms with Gasteiger partial charge in [-0.2, -0.15) is 5.10 Å². The first-order valence-electron chi connectivity index (χ1n) is 7.31. The van der Waals surface area contributed by atoms with Crippen LogP contribution in [0, 0.1) is 10.1 Å². The van der Waals surface area contributed by atoms with Crippen molar-refractivity contribution in [3.63, 3.8) is 0 Å². The number of hydrazone groups is 1. The number of H-pyrrole nitrogens is 1. The van der Waals surface area contributed by atoms with Crippen LogP contribution in [0.25, 0.3) is 10.9 Å². The Bertz CT molecular complexity index is 960. The Kier molecular flexibility index (Phi) is 4.42. The van der Waals surface area contributed by atoms with Crippen molar-refractivity contribution in [1.82, 2.24) is 10.4 Å². The average Bonchev–Trinajstić information content (AvgIpc) is 3.03. The number of carbonyl (C=O) groups is 1. The van der Waals surface area contributed by atoms with Crippen molar-refractivity contribution < 1.29 is 14.5 Å². The number of hydrogen-bond acceptors (Lipinski definition) is 5. The van der Waals surface area contributed by atoms with Crippen molar-refractivity contribution in [1.29, 1.82) is 0 Å². The molecule has 8 nitrogen and oxygen atoms in total. The first-order valence-corrected chi connectivity index (χ1v) is 7.31. The number of nitro groups is 1. The highest BCUT2D eigenvalue weighted by Gasteiger charge is 2.09. The molecule has 0 atom stereocenters. The van der Waals surface area contributed by atoms with Gasteiger partial charge in [0.1, 0.15) is 5.75 Å². The van der Waals surface area contributed by atoms with Gasteiger partial charge >= 0.3 is 0 Å². The summed E-state index contributed by atoms with van der Waals surface area (Å²) < 4.78 is 5.16. The van der Waals surface area contributed by atoms with Crippen LogP contribution in [-0.2, 0) is 0 Å². The van der Waals surface area contributed by atoms with Crippen molar-refractivity contribution >= 4 is 28.7 Å². The van der Waals surface area contributed by atoms with E-state index in [9.17, 15) is 14.9 Å². The number of nitrogens with one attached hydrogen (secondary N) is 2. The number of rotatable bonds is 5. The third kappa shape index (κ3) is 3.47. The third-order valence-electron chi connectivity index (χ3n) is 3.63. The largest absolute Gasteiger partial charge is 0.497 e. The molecule has 0 spiro atoms. The maximum absolute atomic E-state index is 12.0. The summed E-state index contributed by atoms with van der Waals surface area (Å²) in [4.78, 5) is 25.2. The van der Waals surface area contributed by atoms with Crippen LogP contribution in [0.3, 0.4) is 0 Å². The molecule has 8 heteroatoms. The first kappa shape index (κ1) is 16.2. The van der Waals surface area contributed by atoms with Crippen LogP contribution in [0.15, 0.2) is 53.8 Å². The zero-order valence-corrected chi connectivity index (χ0v) is 13.2. The van der Waals surface area contributed by atoms with Crippen molar-refractivity contribution in [3.05, 3.63) is 69.9 Å². The number of fused-ring (bicyclic) bond motifs is 1. The van der Waals surface area contributed by atoms with E-state index in [1.54, 1.807) is 13.3 Å². The normalized spacial score (nSPS) is 10.9. The minimum Gasteiger partial charge on any atom is -0.497 e. The highest BCUT2D eigenvalue weighted by Crippen LogP contribution is 2.22. The van der Waals surface area contributed by atoms with E-state index in [0.29, 0.717) is 0 Å². The number of methoxy groups -OCH3 is 1. The van der Waals surface area contributed by atoms with E-state index in [1.165, 1.54) is 30.5 Å². The van der Waals surface area contributed by atoms with Gasteiger partial charge in [-0.1, -0.05) is 0 Å². The summed E-state index contributed by atoms with van der Waals surface area (Å²) in [6.07, 6.45) is 3.29. The van der Waals surface area contributed by atoms with Gasteiger partial charge in [0.05, 0.1) is 18.2 Å². The molecule has 0 saturated heterocycles. The summed E-state index contributed by atoms with van der Waals surface area (Å²) in [7, 11) is 1.60. The van der Waals surface area contributed by atoms with Crippen LogP contribution >= 0.6 is 0 Å². The first-order chi connectivity index (χ1) is 12.1. The van der Waals surface area contributed by atoms with Crippen LogP contribution in [0.4, 0.5) is 5.69 Å². The van der Waals surface area contributed by atoms with E-state index < -0.39 is 10.8 Å². The Balaban J connectivity index is 1.70. The molecule has 126 valence electrons. The van der Waals surface area contributed by atoms with Crippen molar-refractivity contribution in [2.24, 2.45) is 5.10 Å². The molecule has 2 aromatic carbocycles. The van der Waals surface area contributed by atoms with Gasteiger partial charge in [0.25, 0.3) is 11.6 Å². The quantitative estimate of drug-likeness (QED) is 0.423. The number of hydrogen-bond donors (Lipinski definition) is 2. The lowest BCUT2D eigenvalue weighted by Crippen LogP contribution is -2.17. The third-order valence-corrected chi connectivity index (χ3v) is 3.63. The number of nitrogens with zero attached hydrogens (tertiary/aromatic N) is 2. The van der Waals surface area contributed by atoms with E-state index in [0.717, 1.165) is 22.2 Å². The predicted molar refractivity (Wildman–Crippen MR) is 93.0 cm³/mol. The lowest BCUT2D eigenvalue weighted by molar-refractivity contribution is -0.384. The van der Waals surface area contributed by atoms with Gasteiger partial charge in [-0.25, -0.2) is 5.43 Å². The summed E-state index contributed by atoms with van der Waals surface area (Å²) in [5, 5.41) is 15.5. The molecule has 0 radical (unpaired) electrons. The van der Waals surface area contributed by atoms with Gasteiger partial charge in [0.2, 0.25) is 0 Å². The topological polar surface area (TPSA) is 110 Å². The van der Waals surface area contributed by atoms with Gasteiger partial charge < -0.3 is 9.72 Å². The van der Waals surface area contributed by atoms with Crippen LogP contribution in [-0.4, -0.2) is 29.1 Å². The average molecular weight is 338 g/mol. The zero-order chi connectivity index (χ0) is 17.8. The van der Waals surface area contributed by atoms with Crippen LogP contribution < -0.4 is 10.2 Å². The number of non-ortho nitro benzene ring substituents is 1. The minimum absolute atomic E-state index is 0.0747. The number of aromatic nitrogens is 1. The molecule has 0 aliphatic carbocycles. The molecule has 3 rings (SSSR count). The number of amides is 1. The Morgan fingerprint density at radius 1 is 1.28 bits per heavy atom. The molecule has 1 amide bonds. The van der Waals surface area contributed by atoms with E-state index in [-0.39, 0.29) is 11.3 Å². The van der Waals surface area contributed by atoms with Crippen molar-refractivity contribution in [2.45, 2.75) is 0 Å². The summed E-state index contributed by atoms with van der Waals surface area (Å²) >= 11 is 0. The molecule has 0 saturated carbocycles. The molecule has 25 heavy (non-hydrogen) atoms. The molecule has 0 aliphatic rings. The smallest absolute Gasteiger partial charge is 0.271 e. The Labute approximate surface area is 142 Å². The molecule has 1 heterocycles. The Morgan fingerprint density at radius 3 is 2.72 bits per heavy atom. The molecule has 0 aliphatic heterocycles. The summed E-state index contributed by atoms with van der Waals surface area (Å²) in [6, 6.07) is 10.9. The number of aromatic amines is 1. The summed E-state index contributed by atoms with van der Waals surface area (Å²) in [5.41, 5.74) is 4.30. The second kappa shape index (κ2) is 6.83. The Hall–Kier alpha value is -3.68. The molecule has 1 aromatic heterocycles. The molecular formula is C17H14N4O4. The standard InChI is InChI=1S/C17H14N4O4/c1-25-14-6-7-15-12(9-18-16(15)8-14)10-19-20-17(22)11-2-4-13(5-3-11)21(23)24/h2-10,18H,1H3,(H,20,22). The second-order valence-electron chi connectivity index (χ2n) is 5.16. The maximum Gasteiger partial charge on any atom is 0.271 e. The van der Waals surface area contributed by atoms with E-state index >= 15 is 0 Å². The fourth-order valence-corrected chi connectivity index (χ4v) is 2.32. The highest BCUT2D eigenvalue weighted by molar-refractivity contribution is 6.00. The van der Waals surface area contributed by atoms with Gasteiger partial charge in [-0.05, 0) is 24.3 Å². The van der Waals surface area contributed by atoms with Crippen LogP contribution in [0.2, 0.25) is 0 Å². The Morgan fingerprint density at radius 2 is 2.04 bits per heavy atom. The fourth-order valence-electron chi connectivity index (χ4n) is 2.32. The monoisotopic (exact) mass is 338 g/mol. The van der Waals surface area contributed by atoms with E-state index in [4.69, 9.17) is 4.74 Å². The van der Waals surface area contributed by atoms with Gasteiger partial charge in [-0.15, -0.1) is 0 Å². The molecule has 0 fully saturated rings.